The van der Waals surface area contributed by atoms with E-state index in [4.69, 9.17) is 38.3 Å². The summed E-state index contributed by atoms with van der Waals surface area (Å²) >= 11 is 0. The second-order valence-electron chi connectivity index (χ2n) is 6.28. The minimum absolute atomic E-state index is 0.185. The number of nitrogens with one attached hydrogen (secondary N) is 1. The van der Waals surface area contributed by atoms with E-state index in [0.717, 1.165) is 6.08 Å². The topological polar surface area (TPSA) is 157 Å². The number of carbonyl (C=O) groups is 3. The largest absolute Gasteiger partial charge is 0.480 e. The molecule has 13 heteroatoms. The Labute approximate surface area is 199 Å². The van der Waals surface area contributed by atoms with Crippen molar-refractivity contribution in [3.8, 4) is 0 Å². The van der Waals surface area contributed by atoms with Gasteiger partial charge in [0.1, 0.15) is 19.8 Å². The molecule has 0 saturated heterocycles. The number of rotatable bonds is 26. The Morgan fingerprint density at radius 1 is 0.618 bits per heavy atom. The number of ether oxygens (including phenoxy) is 8. The zero-order valence-corrected chi connectivity index (χ0v) is 19.5. The van der Waals surface area contributed by atoms with Crippen molar-refractivity contribution in [1.29, 1.82) is 0 Å². The predicted molar refractivity (Wildman–Crippen MR) is 118 cm³/mol. The van der Waals surface area contributed by atoms with E-state index in [2.05, 4.69) is 16.6 Å². The Morgan fingerprint density at radius 2 is 1.03 bits per heavy atom. The van der Waals surface area contributed by atoms with Gasteiger partial charge >= 0.3 is 11.9 Å². The van der Waals surface area contributed by atoms with Crippen LogP contribution in [0.15, 0.2) is 12.7 Å². The monoisotopic (exact) mass is 495 g/mol. The van der Waals surface area contributed by atoms with Crippen LogP contribution in [-0.2, 0) is 52.3 Å². The van der Waals surface area contributed by atoms with Crippen LogP contribution in [0.3, 0.4) is 0 Å². The van der Waals surface area contributed by atoms with E-state index >= 15 is 0 Å². The number of esters is 1. The van der Waals surface area contributed by atoms with Gasteiger partial charge in [-0.15, -0.1) is 0 Å². The minimum atomic E-state index is -1.13. The van der Waals surface area contributed by atoms with Crippen LogP contribution < -0.4 is 5.32 Å². The molecule has 13 nitrogen and oxygen atoms in total. The molecule has 0 heterocycles. The van der Waals surface area contributed by atoms with Gasteiger partial charge in [0.25, 0.3) is 0 Å². The zero-order chi connectivity index (χ0) is 25.1. The van der Waals surface area contributed by atoms with Gasteiger partial charge in [-0.1, -0.05) is 6.58 Å². The first kappa shape index (κ1) is 31.9. The van der Waals surface area contributed by atoms with E-state index in [9.17, 15) is 14.4 Å². The minimum Gasteiger partial charge on any atom is -0.480 e. The maximum Gasteiger partial charge on any atom is 0.330 e. The maximum atomic E-state index is 11.3. The van der Waals surface area contributed by atoms with Crippen LogP contribution in [0.2, 0.25) is 0 Å². The lowest BCUT2D eigenvalue weighted by Gasteiger charge is -2.08. The number of carboxylic acid groups (broad SMARTS) is 1. The van der Waals surface area contributed by atoms with Gasteiger partial charge in [-0.25, -0.2) is 9.59 Å². The molecule has 0 aromatic rings. The number of hydrogen-bond acceptors (Lipinski definition) is 11. The van der Waals surface area contributed by atoms with E-state index in [1.165, 1.54) is 0 Å². The first-order chi connectivity index (χ1) is 16.6. The molecule has 0 fully saturated rings. The van der Waals surface area contributed by atoms with E-state index in [1.807, 2.05) is 0 Å². The molecule has 0 radical (unpaired) electrons. The summed E-state index contributed by atoms with van der Waals surface area (Å²) in [5, 5.41) is 10.9. The molecule has 0 saturated carbocycles. The van der Waals surface area contributed by atoms with Crippen LogP contribution in [0.25, 0.3) is 0 Å². The summed E-state index contributed by atoms with van der Waals surface area (Å²) in [6.45, 7) is 7.84. The fourth-order valence-electron chi connectivity index (χ4n) is 2.01. The fourth-order valence-corrected chi connectivity index (χ4v) is 2.01. The van der Waals surface area contributed by atoms with Gasteiger partial charge in [-0.3, -0.25) is 4.79 Å². The van der Waals surface area contributed by atoms with Crippen molar-refractivity contribution < 1.29 is 57.4 Å². The number of carboxylic acids is 1. The summed E-state index contributed by atoms with van der Waals surface area (Å²) in [5.41, 5.74) is 0. The summed E-state index contributed by atoms with van der Waals surface area (Å²) < 4.78 is 41.3. The van der Waals surface area contributed by atoms with Gasteiger partial charge in [0.2, 0.25) is 5.91 Å². The van der Waals surface area contributed by atoms with E-state index < -0.39 is 24.5 Å². The van der Waals surface area contributed by atoms with Crippen LogP contribution in [0.4, 0.5) is 0 Å². The van der Waals surface area contributed by atoms with Gasteiger partial charge in [0.05, 0.1) is 79.3 Å². The molecular weight excluding hydrogens is 458 g/mol. The summed E-state index contributed by atoms with van der Waals surface area (Å²) in [7, 11) is 0. The quantitative estimate of drug-likeness (QED) is 0.0861. The van der Waals surface area contributed by atoms with Gasteiger partial charge < -0.3 is 48.3 Å². The highest BCUT2D eigenvalue weighted by atomic mass is 16.6. The molecule has 0 aliphatic carbocycles. The zero-order valence-electron chi connectivity index (χ0n) is 19.5. The summed E-state index contributed by atoms with van der Waals surface area (Å²) in [6, 6.07) is 0. The summed E-state index contributed by atoms with van der Waals surface area (Å²) in [6.07, 6.45) is 1.10. The number of carbonyl (C=O) groups excluding carboxylic acids is 2. The predicted octanol–water partition coefficient (Wildman–Crippen LogP) is -0.967. The summed E-state index contributed by atoms with van der Waals surface area (Å²) in [4.78, 5) is 32.3. The van der Waals surface area contributed by atoms with E-state index in [1.54, 1.807) is 0 Å². The molecule has 0 rings (SSSR count). The lowest BCUT2D eigenvalue weighted by atomic mass is 10.6. The molecule has 0 aromatic heterocycles. The van der Waals surface area contributed by atoms with Crippen LogP contribution in [0, 0.1) is 0 Å². The van der Waals surface area contributed by atoms with Crippen LogP contribution in [0.5, 0.6) is 0 Å². The average Bonchev–Trinajstić information content (AvgIpc) is 2.81. The molecule has 198 valence electrons. The van der Waals surface area contributed by atoms with Crippen molar-refractivity contribution >= 4 is 17.8 Å². The van der Waals surface area contributed by atoms with Crippen LogP contribution >= 0.6 is 0 Å². The molecule has 0 aliphatic rings. The lowest BCUT2D eigenvalue weighted by Crippen LogP contribution is -2.31. The molecular formula is C21H37NO12. The highest BCUT2D eigenvalue weighted by Crippen LogP contribution is 1.86. The highest BCUT2D eigenvalue weighted by molar-refractivity contribution is 5.81. The third-order valence-electron chi connectivity index (χ3n) is 3.53. The van der Waals surface area contributed by atoms with Crippen molar-refractivity contribution in [2.75, 3.05) is 106 Å². The highest BCUT2D eigenvalue weighted by Gasteiger charge is 2.03. The summed E-state index contributed by atoms with van der Waals surface area (Å²) in [5.74, 6) is -2.00. The van der Waals surface area contributed by atoms with Crippen molar-refractivity contribution in [2.24, 2.45) is 0 Å². The maximum absolute atomic E-state index is 11.3. The molecule has 0 aliphatic heterocycles. The van der Waals surface area contributed by atoms with Gasteiger partial charge in [-0.2, -0.15) is 0 Å². The Kier molecular flexibility index (Phi) is 23.9. The Balaban J connectivity index is 3.12. The average molecular weight is 496 g/mol. The molecule has 0 spiro atoms. The smallest absolute Gasteiger partial charge is 0.330 e. The van der Waals surface area contributed by atoms with Gasteiger partial charge in [0.15, 0.2) is 0 Å². The number of aliphatic carboxylic acids is 1. The number of amides is 1. The van der Waals surface area contributed by atoms with E-state index in [0.29, 0.717) is 85.8 Å². The molecule has 34 heavy (non-hydrogen) atoms. The molecule has 1 amide bonds. The van der Waals surface area contributed by atoms with Crippen molar-refractivity contribution in [3.63, 3.8) is 0 Å². The lowest BCUT2D eigenvalue weighted by molar-refractivity contribution is -0.143. The van der Waals surface area contributed by atoms with E-state index in [-0.39, 0.29) is 13.2 Å². The van der Waals surface area contributed by atoms with Gasteiger partial charge in [-0.05, 0) is 0 Å². The molecule has 0 unspecified atom stereocenters. The van der Waals surface area contributed by atoms with Crippen molar-refractivity contribution in [1.82, 2.24) is 5.32 Å². The fraction of sp³-hybridized carbons (Fsp3) is 0.762. The van der Waals surface area contributed by atoms with Crippen molar-refractivity contribution in [3.05, 3.63) is 12.7 Å². The Morgan fingerprint density at radius 3 is 1.44 bits per heavy atom. The number of hydrogen-bond donors (Lipinski definition) is 2. The molecule has 0 atom stereocenters. The normalized spacial score (nSPS) is 10.7. The third kappa shape index (κ3) is 26.1. The Hall–Kier alpha value is -2.13. The standard InChI is InChI=1S/C21H37NO12/c1-2-21(26)34-16-15-32-14-13-31-12-11-30-10-9-29-8-7-28-6-5-27-4-3-22-19(23)17-33-18-20(24)25/h2H,1,3-18H2,(H,22,23)(H,24,25). The second kappa shape index (κ2) is 25.5. The Bertz CT molecular complexity index is 532. The van der Waals surface area contributed by atoms with Crippen LogP contribution in [-0.4, -0.2) is 129 Å². The molecule has 0 bridgehead atoms. The van der Waals surface area contributed by atoms with Crippen molar-refractivity contribution in [2.45, 2.75) is 0 Å². The first-order valence-electron chi connectivity index (χ1n) is 10.9. The molecule has 2 N–H and O–H groups in total. The third-order valence-corrected chi connectivity index (χ3v) is 3.53. The molecule has 0 aromatic carbocycles. The second-order valence-corrected chi connectivity index (χ2v) is 6.28. The first-order valence-corrected chi connectivity index (χ1v) is 10.9. The van der Waals surface area contributed by atoms with Gasteiger partial charge in [0, 0.05) is 12.6 Å². The SMILES string of the molecule is C=CC(=O)OCCOCCOCCOCCOCCOCCOCCNC(=O)COCC(=O)O. The van der Waals surface area contributed by atoms with Crippen LogP contribution in [0.1, 0.15) is 0 Å².